The van der Waals surface area contributed by atoms with Gasteiger partial charge in [-0.2, -0.15) is 0 Å². The molecule has 0 saturated heterocycles. The van der Waals surface area contributed by atoms with Crippen molar-refractivity contribution in [1.29, 1.82) is 0 Å². The Labute approximate surface area is 81.9 Å². The number of rotatable bonds is 6. The van der Waals surface area contributed by atoms with Crippen LogP contribution in [0.3, 0.4) is 0 Å². The second-order valence-electron chi connectivity index (χ2n) is 2.41. The van der Waals surface area contributed by atoms with Crippen LogP contribution >= 0.6 is 12.2 Å². The molecule has 74 valence electrons. The normalized spacial score (nSPS) is 11.8. The van der Waals surface area contributed by atoms with E-state index in [9.17, 15) is 9.59 Å². The Kier molecular flexibility index (Phi) is 6.26. The van der Waals surface area contributed by atoms with E-state index in [2.05, 4.69) is 17.0 Å². The topological polar surface area (TPSA) is 63.6 Å². The van der Waals surface area contributed by atoms with E-state index in [4.69, 9.17) is 5.11 Å². The lowest BCUT2D eigenvalue weighted by Crippen LogP contribution is -2.26. The van der Waals surface area contributed by atoms with Crippen LogP contribution in [0.2, 0.25) is 0 Å². The van der Waals surface area contributed by atoms with Gasteiger partial charge < -0.3 is 9.84 Å². The second-order valence-corrected chi connectivity index (χ2v) is 2.74. The summed E-state index contributed by atoms with van der Waals surface area (Å²) in [5, 5.41) is 10.3. The molecule has 1 atom stereocenters. The first-order chi connectivity index (χ1) is 6.11. The molecule has 1 unspecified atom stereocenters. The van der Waals surface area contributed by atoms with Gasteiger partial charge in [-0.3, -0.25) is 4.79 Å². The number of aliphatic hydroxyl groups is 1. The van der Waals surface area contributed by atoms with Gasteiger partial charge in [0.15, 0.2) is 6.10 Å². The van der Waals surface area contributed by atoms with E-state index < -0.39 is 12.1 Å². The summed E-state index contributed by atoms with van der Waals surface area (Å²) in [6, 6.07) is 0. The largest absolute Gasteiger partial charge is 0.459 e. The molecule has 0 fully saturated rings. The Hall–Kier alpha value is -0.810. The van der Waals surface area contributed by atoms with E-state index in [0.29, 0.717) is 6.42 Å². The van der Waals surface area contributed by atoms with Crippen LogP contribution in [0.5, 0.6) is 0 Å². The highest BCUT2D eigenvalue weighted by atomic mass is 32.1. The first kappa shape index (κ1) is 12.2. The number of esters is 1. The van der Waals surface area contributed by atoms with Crippen molar-refractivity contribution in [2.24, 2.45) is 0 Å². The van der Waals surface area contributed by atoms with Crippen molar-refractivity contribution in [3.63, 3.8) is 0 Å². The highest BCUT2D eigenvalue weighted by molar-refractivity contribution is 7.79. The molecular weight excluding hydrogens is 192 g/mol. The molecular formula is C8H12O4S. The number of ether oxygens (including phenoxy) is 1. The van der Waals surface area contributed by atoms with Crippen LogP contribution in [-0.2, 0) is 14.3 Å². The molecule has 13 heavy (non-hydrogen) atoms. The fourth-order valence-corrected chi connectivity index (χ4v) is 0.724. The van der Waals surface area contributed by atoms with Crippen LogP contribution < -0.4 is 0 Å². The molecule has 0 saturated carbocycles. The monoisotopic (exact) mass is 204 g/mol. The molecule has 0 aliphatic carbocycles. The predicted molar refractivity (Wildman–Crippen MR) is 50.5 cm³/mol. The SMILES string of the molecule is CCC(=O)CC(O)C(=O)OCC=S. The molecule has 1 N–H and O–H groups in total. The molecule has 5 heteroatoms. The standard InChI is InChI=1S/C8H12O4S/c1-2-6(9)5-7(10)8(11)12-3-4-13/h4,7,10H,2-3,5H2,1H3. The molecule has 0 amide bonds. The summed E-state index contributed by atoms with van der Waals surface area (Å²) in [4.78, 5) is 21.7. The zero-order valence-electron chi connectivity index (χ0n) is 7.36. The highest BCUT2D eigenvalue weighted by Gasteiger charge is 2.18. The zero-order valence-corrected chi connectivity index (χ0v) is 8.17. The van der Waals surface area contributed by atoms with Crippen LogP contribution in [0.15, 0.2) is 0 Å². The second kappa shape index (κ2) is 6.68. The molecule has 0 aromatic rings. The van der Waals surface area contributed by atoms with E-state index >= 15 is 0 Å². The van der Waals surface area contributed by atoms with Crippen molar-refractivity contribution in [2.75, 3.05) is 6.61 Å². The van der Waals surface area contributed by atoms with E-state index in [-0.39, 0.29) is 18.8 Å². The van der Waals surface area contributed by atoms with Crippen molar-refractivity contribution in [1.82, 2.24) is 0 Å². The molecule has 0 aliphatic heterocycles. The fourth-order valence-electron chi connectivity index (χ4n) is 0.656. The van der Waals surface area contributed by atoms with Crippen LogP contribution in [-0.4, -0.2) is 34.9 Å². The molecule has 0 heterocycles. The minimum atomic E-state index is -1.36. The lowest BCUT2D eigenvalue weighted by molar-refractivity contribution is -0.153. The van der Waals surface area contributed by atoms with Crippen molar-refractivity contribution in [3.05, 3.63) is 0 Å². The van der Waals surface area contributed by atoms with Crippen molar-refractivity contribution in [2.45, 2.75) is 25.9 Å². The molecule has 0 aromatic heterocycles. The Balaban J connectivity index is 3.81. The maximum Gasteiger partial charge on any atom is 0.335 e. The number of carbonyl (C=O) groups is 2. The summed E-state index contributed by atoms with van der Waals surface area (Å²) in [5.41, 5.74) is 0. The minimum absolute atomic E-state index is 0.0223. The van der Waals surface area contributed by atoms with Gasteiger partial charge in [0.2, 0.25) is 0 Å². The molecule has 0 bridgehead atoms. The summed E-state index contributed by atoms with van der Waals surface area (Å²) in [6.45, 7) is 1.64. The van der Waals surface area contributed by atoms with Crippen LogP contribution in [0.1, 0.15) is 19.8 Å². The molecule has 0 radical (unpaired) electrons. The molecule has 0 rings (SSSR count). The van der Waals surface area contributed by atoms with Gasteiger partial charge in [-0.25, -0.2) is 4.79 Å². The van der Waals surface area contributed by atoms with Crippen molar-refractivity contribution < 1.29 is 19.4 Å². The van der Waals surface area contributed by atoms with Gasteiger partial charge in [0.25, 0.3) is 0 Å². The maximum absolute atomic E-state index is 10.9. The average molecular weight is 204 g/mol. The van der Waals surface area contributed by atoms with E-state index in [1.165, 1.54) is 5.37 Å². The average Bonchev–Trinajstić information content (AvgIpc) is 2.13. The number of aliphatic hydroxyl groups excluding tert-OH is 1. The lowest BCUT2D eigenvalue weighted by atomic mass is 10.1. The predicted octanol–water partition coefficient (Wildman–Crippen LogP) is 0.259. The van der Waals surface area contributed by atoms with E-state index in [0.717, 1.165) is 0 Å². The summed E-state index contributed by atoms with van der Waals surface area (Å²) < 4.78 is 4.50. The third-order valence-electron chi connectivity index (χ3n) is 1.38. The van der Waals surface area contributed by atoms with Gasteiger partial charge in [0, 0.05) is 18.2 Å². The zero-order chi connectivity index (χ0) is 10.3. The van der Waals surface area contributed by atoms with Gasteiger partial charge in [-0.05, 0) is 0 Å². The van der Waals surface area contributed by atoms with E-state index in [1.54, 1.807) is 6.92 Å². The molecule has 4 nitrogen and oxygen atoms in total. The Morgan fingerprint density at radius 1 is 1.62 bits per heavy atom. The number of thiocarbonyl (C=S) groups is 1. The van der Waals surface area contributed by atoms with Crippen molar-refractivity contribution in [3.8, 4) is 0 Å². The third kappa shape index (κ3) is 5.43. The van der Waals surface area contributed by atoms with Crippen LogP contribution in [0.4, 0.5) is 0 Å². The number of carbonyl (C=O) groups excluding carboxylic acids is 2. The van der Waals surface area contributed by atoms with Gasteiger partial charge in [0.1, 0.15) is 12.4 Å². The molecule has 0 aromatic carbocycles. The van der Waals surface area contributed by atoms with Gasteiger partial charge in [-0.15, -0.1) is 0 Å². The van der Waals surface area contributed by atoms with E-state index in [1.807, 2.05) is 0 Å². The first-order valence-electron chi connectivity index (χ1n) is 3.91. The fraction of sp³-hybridized carbons (Fsp3) is 0.625. The highest BCUT2D eigenvalue weighted by Crippen LogP contribution is 1.98. The Morgan fingerprint density at radius 2 is 2.23 bits per heavy atom. The van der Waals surface area contributed by atoms with Gasteiger partial charge in [-0.1, -0.05) is 19.1 Å². The Morgan fingerprint density at radius 3 is 2.69 bits per heavy atom. The molecule has 0 spiro atoms. The number of hydrogen-bond acceptors (Lipinski definition) is 5. The molecule has 0 aliphatic rings. The Bertz CT molecular complexity index is 202. The smallest absolute Gasteiger partial charge is 0.335 e. The van der Waals surface area contributed by atoms with Crippen LogP contribution in [0, 0.1) is 0 Å². The number of ketones is 1. The number of Topliss-reactive ketones (excluding diaryl/α,β-unsaturated/α-hetero) is 1. The summed E-state index contributed by atoms with van der Waals surface area (Å²) in [5.74, 6) is -0.977. The van der Waals surface area contributed by atoms with Gasteiger partial charge in [0.05, 0.1) is 0 Å². The van der Waals surface area contributed by atoms with Crippen LogP contribution in [0.25, 0.3) is 0 Å². The summed E-state index contributed by atoms with van der Waals surface area (Å²) in [6.07, 6.45) is -1.24. The summed E-state index contributed by atoms with van der Waals surface area (Å²) in [7, 11) is 0. The summed E-state index contributed by atoms with van der Waals surface area (Å²) >= 11 is 4.42. The maximum atomic E-state index is 10.9. The minimum Gasteiger partial charge on any atom is -0.459 e. The third-order valence-corrected chi connectivity index (χ3v) is 1.52. The first-order valence-corrected chi connectivity index (χ1v) is 4.39. The van der Waals surface area contributed by atoms with Gasteiger partial charge >= 0.3 is 5.97 Å². The quantitative estimate of drug-likeness (QED) is 0.496. The lowest BCUT2D eigenvalue weighted by Gasteiger charge is -2.07. The number of hydrogen-bond donors (Lipinski definition) is 1. The van der Waals surface area contributed by atoms with Crippen molar-refractivity contribution >= 4 is 29.3 Å².